The summed E-state index contributed by atoms with van der Waals surface area (Å²) in [7, 11) is 0. The molecule has 1 fully saturated rings. The fourth-order valence-electron chi connectivity index (χ4n) is 2.57. The number of hydrogen-bond donors (Lipinski definition) is 1. The number of hydrogen-bond acceptors (Lipinski definition) is 4. The second-order valence-electron chi connectivity index (χ2n) is 6.71. The first-order chi connectivity index (χ1) is 11.2. The first kappa shape index (κ1) is 17.2. The Hall–Kier alpha value is -1.66. The fraction of sp³-hybridized carbons (Fsp3) is 0.438. The van der Waals surface area contributed by atoms with Crippen LogP contribution in [0.2, 0.25) is 10.0 Å². The maximum absolute atomic E-state index is 13.6. The molecule has 1 aromatic carbocycles. The van der Waals surface area contributed by atoms with Crippen LogP contribution in [0.3, 0.4) is 0 Å². The molecule has 0 radical (unpaired) electrons. The number of aliphatic carboxylic acids is 1. The monoisotopic (exact) mass is 372 g/mol. The quantitative estimate of drug-likeness (QED) is 0.793. The molecule has 2 aromatic rings. The van der Waals surface area contributed by atoms with Crippen LogP contribution in [0.1, 0.15) is 44.0 Å². The molecule has 24 heavy (non-hydrogen) atoms. The van der Waals surface area contributed by atoms with Crippen LogP contribution in [-0.2, 0) is 16.6 Å². The second-order valence-corrected chi connectivity index (χ2v) is 7.53. The zero-order chi connectivity index (χ0) is 17.7. The molecule has 128 valence electrons. The summed E-state index contributed by atoms with van der Waals surface area (Å²) in [6.07, 6.45) is 1.63. The highest BCUT2D eigenvalue weighted by Crippen LogP contribution is 2.53. The van der Waals surface area contributed by atoms with Gasteiger partial charge in [-0.3, -0.25) is 4.79 Å². The van der Waals surface area contributed by atoms with Crippen molar-refractivity contribution in [1.29, 1.82) is 0 Å². The normalized spacial score (nSPS) is 16.2. The maximum Gasteiger partial charge on any atom is 0.309 e. The van der Waals surface area contributed by atoms with Crippen LogP contribution in [0.15, 0.2) is 16.7 Å². The van der Waals surface area contributed by atoms with Crippen molar-refractivity contribution in [3.8, 4) is 0 Å². The van der Waals surface area contributed by atoms with Gasteiger partial charge in [0.05, 0.1) is 20.9 Å². The van der Waals surface area contributed by atoms with Gasteiger partial charge in [-0.15, -0.1) is 0 Å². The van der Waals surface area contributed by atoms with Crippen molar-refractivity contribution < 1.29 is 18.8 Å². The second kappa shape index (κ2) is 5.70. The average Bonchev–Trinajstić information content (AvgIpc) is 3.18. The Morgan fingerprint density at radius 1 is 1.38 bits per heavy atom. The van der Waals surface area contributed by atoms with E-state index < -0.39 is 22.6 Å². The third kappa shape index (κ3) is 2.89. The predicted octanol–water partition coefficient (Wildman–Crippen LogP) is 4.25. The summed E-state index contributed by atoms with van der Waals surface area (Å²) in [5.74, 6) is -0.907. The van der Waals surface area contributed by atoms with E-state index in [-0.39, 0.29) is 22.4 Å². The molecule has 1 heterocycles. The molecule has 3 rings (SSSR count). The van der Waals surface area contributed by atoms with Crippen LogP contribution in [0.25, 0.3) is 0 Å². The highest BCUT2D eigenvalue weighted by Gasteiger charge is 2.50. The lowest BCUT2D eigenvalue weighted by atomic mass is 9.89. The number of halogens is 3. The smallest absolute Gasteiger partial charge is 0.309 e. The minimum absolute atomic E-state index is 0.0560. The molecule has 1 saturated carbocycles. The van der Waals surface area contributed by atoms with E-state index in [0.29, 0.717) is 5.82 Å². The van der Waals surface area contributed by atoms with Crippen LogP contribution in [0, 0.1) is 11.2 Å². The largest absolute Gasteiger partial charge is 0.481 e. The van der Waals surface area contributed by atoms with E-state index in [4.69, 9.17) is 27.7 Å². The van der Waals surface area contributed by atoms with E-state index >= 15 is 0 Å². The van der Waals surface area contributed by atoms with Gasteiger partial charge in [-0.05, 0) is 44.4 Å². The van der Waals surface area contributed by atoms with Gasteiger partial charge in [0.1, 0.15) is 0 Å². The van der Waals surface area contributed by atoms with Gasteiger partial charge in [0.15, 0.2) is 11.6 Å². The predicted molar refractivity (Wildman–Crippen MR) is 85.9 cm³/mol. The van der Waals surface area contributed by atoms with Gasteiger partial charge in [0.25, 0.3) is 0 Å². The zero-order valence-corrected chi connectivity index (χ0v) is 14.6. The van der Waals surface area contributed by atoms with Crippen LogP contribution in [0.4, 0.5) is 4.39 Å². The highest BCUT2D eigenvalue weighted by molar-refractivity contribution is 6.35. The SMILES string of the molecule is CC(C)(Cc1nc(C2(c3cc(Cl)c(F)c(Cl)c3)CC2)no1)C(=O)O. The molecule has 0 unspecified atom stereocenters. The average molecular weight is 373 g/mol. The standard InChI is InChI=1S/C16H15Cl2FN2O3/c1-15(2,14(22)23)7-11-20-13(21-24-11)16(3-4-16)8-5-9(17)12(19)10(18)6-8/h5-6H,3-4,7H2,1-2H3,(H,22,23). The number of carboxylic acids is 1. The van der Waals surface area contributed by atoms with Crippen molar-refractivity contribution >= 4 is 29.2 Å². The van der Waals surface area contributed by atoms with Gasteiger partial charge in [-0.25, -0.2) is 4.39 Å². The van der Waals surface area contributed by atoms with E-state index in [1.54, 1.807) is 13.8 Å². The fourth-order valence-corrected chi connectivity index (χ4v) is 3.06. The van der Waals surface area contributed by atoms with Crippen LogP contribution >= 0.6 is 23.2 Å². The Bertz CT molecular complexity index is 792. The van der Waals surface area contributed by atoms with Gasteiger partial charge in [-0.1, -0.05) is 28.4 Å². The minimum Gasteiger partial charge on any atom is -0.481 e. The number of carbonyl (C=O) groups is 1. The molecule has 0 amide bonds. The van der Waals surface area contributed by atoms with E-state index in [0.717, 1.165) is 18.4 Å². The molecule has 8 heteroatoms. The van der Waals surface area contributed by atoms with Gasteiger partial charge >= 0.3 is 5.97 Å². The van der Waals surface area contributed by atoms with Crippen molar-refractivity contribution in [3.63, 3.8) is 0 Å². The molecule has 0 aliphatic heterocycles. The van der Waals surface area contributed by atoms with Crippen molar-refractivity contribution in [2.75, 3.05) is 0 Å². The van der Waals surface area contributed by atoms with E-state index in [2.05, 4.69) is 10.1 Å². The van der Waals surface area contributed by atoms with Gasteiger partial charge in [0.2, 0.25) is 5.89 Å². The zero-order valence-electron chi connectivity index (χ0n) is 13.1. The summed E-state index contributed by atoms with van der Waals surface area (Å²) in [5, 5.41) is 13.1. The third-order valence-corrected chi connectivity index (χ3v) is 4.90. The molecule has 0 saturated heterocycles. The molecule has 0 atom stereocenters. The van der Waals surface area contributed by atoms with Crippen molar-refractivity contribution in [2.24, 2.45) is 5.41 Å². The highest BCUT2D eigenvalue weighted by atomic mass is 35.5. The Morgan fingerprint density at radius 3 is 2.46 bits per heavy atom. The van der Waals surface area contributed by atoms with Crippen LogP contribution < -0.4 is 0 Å². The Morgan fingerprint density at radius 2 is 1.96 bits per heavy atom. The molecular weight excluding hydrogens is 358 g/mol. The van der Waals surface area contributed by atoms with Gasteiger partial charge < -0.3 is 9.63 Å². The molecule has 5 nitrogen and oxygen atoms in total. The Balaban J connectivity index is 1.91. The Labute approximate surface area is 147 Å². The molecular formula is C16H15Cl2FN2O3. The van der Waals surface area contributed by atoms with Crippen molar-refractivity contribution in [1.82, 2.24) is 10.1 Å². The third-order valence-electron chi connectivity index (χ3n) is 4.35. The number of aromatic nitrogens is 2. The summed E-state index contributed by atoms with van der Waals surface area (Å²) in [6.45, 7) is 3.18. The van der Waals surface area contributed by atoms with Crippen LogP contribution in [0.5, 0.6) is 0 Å². The van der Waals surface area contributed by atoms with E-state index in [1.807, 2.05) is 0 Å². The number of nitrogens with zero attached hydrogens (tertiary/aromatic N) is 2. The lowest BCUT2D eigenvalue weighted by molar-refractivity contribution is -0.147. The van der Waals surface area contributed by atoms with Crippen molar-refractivity contribution in [3.05, 3.63) is 45.3 Å². The number of rotatable bonds is 5. The first-order valence-corrected chi connectivity index (χ1v) is 8.13. The summed E-state index contributed by atoms with van der Waals surface area (Å²) in [4.78, 5) is 15.6. The lowest BCUT2D eigenvalue weighted by Crippen LogP contribution is -2.26. The summed E-state index contributed by atoms with van der Waals surface area (Å²) in [5.41, 5.74) is -0.789. The van der Waals surface area contributed by atoms with E-state index in [1.165, 1.54) is 12.1 Å². The molecule has 1 N–H and O–H groups in total. The number of benzene rings is 1. The molecule has 0 bridgehead atoms. The topological polar surface area (TPSA) is 76.2 Å². The Kier molecular flexibility index (Phi) is 4.08. The summed E-state index contributed by atoms with van der Waals surface area (Å²) in [6, 6.07) is 3.04. The molecule has 1 aliphatic rings. The first-order valence-electron chi connectivity index (χ1n) is 7.37. The molecule has 1 aromatic heterocycles. The summed E-state index contributed by atoms with van der Waals surface area (Å²) < 4.78 is 18.8. The van der Waals surface area contributed by atoms with Crippen molar-refractivity contribution in [2.45, 2.75) is 38.5 Å². The maximum atomic E-state index is 13.6. The lowest BCUT2D eigenvalue weighted by Gasteiger charge is -2.15. The van der Waals surface area contributed by atoms with Crippen LogP contribution in [-0.4, -0.2) is 21.2 Å². The molecule has 1 aliphatic carbocycles. The van der Waals surface area contributed by atoms with E-state index in [9.17, 15) is 14.3 Å². The van der Waals surface area contributed by atoms with Gasteiger partial charge in [-0.2, -0.15) is 4.98 Å². The van der Waals surface area contributed by atoms with Gasteiger partial charge in [0, 0.05) is 6.42 Å². The number of carboxylic acid groups (broad SMARTS) is 1. The summed E-state index contributed by atoms with van der Waals surface area (Å²) >= 11 is 11.8. The minimum atomic E-state index is -1.01. The molecule has 0 spiro atoms.